The molecule has 3 aliphatic rings. The van der Waals surface area contributed by atoms with Crippen molar-refractivity contribution in [2.45, 2.75) is 50.0 Å². The van der Waals surface area contributed by atoms with Crippen molar-refractivity contribution in [2.24, 2.45) is 12.5 Å². The van der Waals surface area contributed by atoms with Gasteiger partial charge in [-0.2, -0.15) is 5.10 Å². The lowest BCUT2D eigenvalue weighted by molar-refractivity contribution is -0.124. The van der Waals surface area contributed by atoms with E-state index in [4.69, 9.17) is 16.3 Å². The Balaban J connectivity index is 1.33. The van der Waals surface area contributed by atoms with Crippen LogP contribution in [-0.4, -0.2) is 46.8 Å². The normalized spacial score (nSPS) is 19.8. The molecule has 1 aliphatic carbocycles. The molecule has 2 fully saturated rings. The number of aryl methyl sites for hydroxylation is 1. The second-order valence-electron chi connectivity index (χ2n) is 11.3. The van der Waals surface area contributed by atoms with Crippen LogP contribution in [0.25, 0.3) is 0 Å². The first kappa shape index (κ1) is 26.5. The van der Waals surface area contributed by atoms with E-state index in [0.717, 1.165) is 24.0 Å². The van der Waals surface area contributed by atoms with Gasteiger partial charge in [0, 0.05) is 48.8 Å². The molecule has 1 unspecified atom stereocenters. The van der Waals surface area contributed by atoms with E-state index >= 15 is 0 Å². The monoisotopic (exact) mass is 561 g/mol. The van der Waals surface area contributed by atoms with E-state index in [1.165, 1.54) is 4.68 Å². The number of nitrogens with one attached hydrogen (secondary N) is 3. The highest BCUT2D eigenvalue weighted by molar-refractivity contribution is 6.31. The average molecular weight is 562 g/mol. The summed E-state index contributed by atoms with van der Waals surface area (Å²) in [6.07, 6.45) is 4.60. The summed E-state index contributed by atoms with van der Waals surface area (Å²) in [6, 6.07) is 13.7. The Morgan fingerprint density at radius 1 is 1.10 bits per heavy atom. The molecule has 1 saturated heterocycles. The van der Waals surface area contributed by atoms with Crippen LogP contribution in [0.15, 0.2) is 54.7 Å². The lowest BCUT2D eigenvalue weighted by Crippen LogP contribution is -2.50. The van der Waals surface area contributed by atoms with Gasteiger partial charge in [-0.3, -0.25) is 19.1 Å². The minimum Gasteiger partial charge on any atom is -0.381 e. The summed E-state index contributed by atoms with van der Waals surface area (Å²) in [7, 11) is 1.68. The number of hydrogen-bond acceptors (Lipinski definition) is 5. The molecule has 1 spiro atoms. The highest BCUT2D eigenvalue weighted by Crippen LogP contribution is 2.58. The molecule has 2 atom stereocenters. The summed E-state index contributed by atoms with van der Waals surface area (Å²) in [5.74, 6) is -1.16. The van der Waals surface area contributed by atoms with Gasteiger partial charge >= 0.3 is 0 Å². The first-order chi connectivity index (χ1) is 19.2. The van der Waals surface area contributed by atoms with E-state index in [-0.39, 0.29) is 23.1 Å². The van der Waals surface area contributed by atoms with E-state index in [1.54, 1.807) is 25.4 Å². The Morgan fingerprint density at radius 3 is 2.52 bits per heavy atom. The molecule has 9 nitrogen and oxygen atoms in total. The lowest BCUT2D eigenvalue weighted by atomic mass is 9.75. The Labute approximate surface area is 237 Å². The van der Waals surface area contributed by atoms with E-state index in [2.05, 4.69) is 28.0 Å². The van der Waals surface area contributed by atoms with Crippen LogP contribution in [0.1, 0.15) is 60.1 Å². The number of hydrogen-bond donors (Lipinski definition) is 3. The summed E-state index contributed by atoms with van der Waals surface area (Å²) in [4.78, 5) is 40.4. The summed E-state index contributed by atoms with van der Waals surface area (Å²) < 4.78 is 6.98. The maximum absolute atomic E-state index is 14.1. The molecule has 208 valence electrons. The molecule has 0 bridgehead atoms. The molecule has 2 aromatic carbocycles. The lowest BCUT2D eigenvalue weighted by Gasteiger charge is -2.33. The number of fused-ring (bicyclic) bond motifs is 2. The van der Waals surface area contributed by atoms with Gasteiger partial charge in [0.1, 0.15) is 11.7 Å². The van der Waals surface area contributed by atoms with E-state index in [9.17, 15) is 14.4 Å². The summed E-state index contributed by atoms with van der Waals surface area (Å²) in [5.41, 5.74) is 2.51. The van der Waals surface area contributed by atoms with Crippen molar-refractivity contribution in [3.05, 3.63) is 76.6 Å². The number of ether oxygens (including phenoxy) is 1. The van der Waals surface area contributed by atoms with Crippen molar-refractivity contribution in [2.75, 3.05) is 23.8 Å². The average Bonchev–Trinajstić information content (AvgIpc) is 3.44. The molecule has 40 heavy (non-hydrogen) atoms. The molecule has 3 N–H and O–H groups in total. The van der Waals surface area contributed by atoms with Crippen LogP contribution < -0.4 is 16.0 Å². The highest BCUT2D eigenvalue weighted by atomic mass is 35.5. The van der Waals surface area contributed by atoms with Crippen LogP contribution in [0.5, 0.6) is 0 Å². The summed E-state index contributed by atoms with van der Waals surface area (Å²) in [6.45, 7) is 3.19. The first-order valence-corrected chi connectivity index (χ1v) is 14.0. The molecular weight excluding hydrogens is 530 g/mol. The highest BCUT2D eigenvalue weighted by Gasteiger charge is 2.52. The van der Waals surface area contributed by atoms with Crippen molar-refractivity contribution in [1.82, 2.24) is 15.1 Å². The third-order valence-corrected chi connectivity index (χ3v) is 9.16. The molecule has 3 aromatic rings. The molecular formula is C30H32ClN5O4. The number of carbonyl (C=O) groups is 3. The molecule has 1 saturated carbocycles. The van der Waals surface area contributed by atoms with Gasteiger partial charge in [-0.05, 0) is 66.5 Å². The van der Waals surface area contributed by atoms with Crippen LogP contribution >= 0.6 is 11.6 Å². The zero-order valence-corrected chi connectivity index (χ0v) is 23.3. The van der Waals surface area contributed by atoms with Gasteiger partial charge < -0.3 is 20.7 Å². The van der Waals surface area contributed by atoms with Gasteiger partial charge in [0.05, 0.1) is 5.41 Å². The van der Waals surface area contributed by atoms with Gasteiger partial charge in [0.15, 0.2) is 0 Å². The Morgan fingerprint density at radius 2 is 1.85 bits per heavy atom. The zero-order valence-electron chi connectivity index (χ0n) is 22.5. The number of nitrogens with zero attached hydrogens (tertiary/aromatic N) is 2. The zero-order chi connectivity index (χ0) is 28.1. The molecule has 3 amide bonds. The van der Waals surface area contributed by atoms with Crippen molar-refractivity contribution in [1.29, 1.82) is 0 Å². The van der Waals surface area contributed by atoms with E-state index < -0.39 is 17.4 Å². The van der Waals surface area contributed by atoms with E-state index in [0.29, 0.717) is 48.1 Å². The molecule has 10 heteroatoms. The van der Waals surface area contributed by atoms with Crippen molar-refractivity contribution in [3.63, 3.8) is 0 Å². The maximum Gasteiger partial charge on any atom is 0.270 e. The maximum atomic E-state index is 14.1. The number of rotatable bonds is 7. The number of aromatic nitrogens is 2. The van der Waals surface area contributed by atoms with Crippen molar-refractivity contribution in [3.8, 4) is 0 Å². The largest absolute Gasteiger partial charge is 0.381 e. The Kier molecular flexibility index (Phi) is 6.67. The SMILES string of the molecule is Cn1nccc1C(=O)N[C@H](C(=O)Nc1ccc2c(c1)NC(=O)C21CCOCC1)C(c1ccccc1Cl)C1(C)CC1. The second-order valence-corrected chi connectivity index (χ2v) is 11.7. The number of amides is 3. The van der Waals surface area contributed by atoms with Crippen LogP contribution in [0, 0.1) is 5.41 Å². The summed E-state index contributed by atoms with van der Waals surface area (Å²) >= 11 is 6.66. The van der Waals surface area contributed by atoms with Gasteiger partial charge in [0.25, 0.3) is 5.91 Å². The predicted octanol–water partition coefficient (Wildman–Crippen LogP) is 4.39. The standard InChI is InChI=1S/C30H32ClN5O4/c1-29(10-11-29)24(19-5-3-4-6-21(19)31)25(35-26(37)23-9-14-32-36(23)2)27(38)33-18-7-8-20-22(17-18)34-28(39)30(20)12-15-40-16-13-30/h3-9,14,17,24-25H,10-13,15-16H2,1-2H3,(H,33,38)(H,34,39)(H,35,37)/t24?,25-/m0/s1. The molecule has 3 heterocycles. The second kappa shape index (κ2) is 10.1. The summed E-state index contributed by atoms with van der Waals surface area (Å²) in [5, 5.41) is 13.7. The fourth-order valence-electron chi connectivity index (χ4n) is 6.25. The smallest absolute Gasteiger partial charge is 0.270 e. The first-order valence-electron chi connectivity index (χ1n) is 13.6. The number of benzene rings is 2. The fraction of sp³-hybridized carbons (Fsp3) is 0.400. The topological polar surface area (TPSA) is 114 Å². The Hall–Kier alpha value is -3.69. The van der Waals surface area contributed by atoms with Gasteiger partial charge in [-0.25, -0.2) is 0 Å². The minimum absolute atomic E-state index is 0.0314. The quantitative estimate of drug-likeness (QED) is 0.396. The van der Waals surface area contributed by atoms with Crippen molar-refractivity contribution >= 4 is 40.7 Å². The van der Waals surface area contributed by atoms with Crippen LogP contribution in [0.3, 0.4) is 0 Å². The third-order valence-electron chi connectivity index (χ3n) is 8.82. The fourth-order valence-corrected chi connectivity index (χ4v) is 6.50. The molecule has 0 radical (unpaired) electrons. The minimum atomic E-state index is -0.917. The van der Waals surface area contributed by atoms with Crippen LogP contribution in [0.4, 0.5) is 11.4 Å². The number of halogens is 1. The van der Waals surface area contributed by atoms with Gasteiger partial charge in [-0.15, -0.1) is 0 Å². The van der Waals surface area contributed by atoms with Crippen LogP contribution in [0.2, 0.25) is 5.02 Å². The number of carbonyl (C=O) groups excluding carboxylic acids is 3. The molecule has 6 rings (SSSR count). The molecule has 2 aliphatic heterocycles. The number of anilines is 2. The Bertz CT molecular complexity index is 1490. The van der Waals surface area contributed by atoms with E-state index in [1.807, 2.05) is 36.4 Å². The predicted molar refractivity (Wildman–Crippen MR) is 151 cm³/mol. The van der Waals surface area contributed by atoms with Gasteiger partial charge in [-0.1, -0.05) is 42.8 Å². The van der Waals surface area contributed by atoms with Crippen molar-refractivity contribution < 1.29 is 19.1 Å². The van der Waals surface area contributed by atoms with Gasteiger partial charge in [0.2, 0.25) is 11.8 Å². The molecule has 1 aromatic heterocycles. The third kappa shape index (κ3) is 4.57. The van der Waals surface area contributed by atoms with Crippen LogP contribution in [-0.2, 0) is 26.8 Å².